The van der Waals surface area contributed by atoms with Crippen LogP contribution in [0.25, 0.3) is 0 Å². The highest BCUT2D eigenvalue weighted by Gasteiger charge is 2.22. The molecule has 2 atom stereocenters. The minimum absolute atomic E-state index is 0.223. The van der Waals surface area contributed by atoms with E-state index >= 15 is 0 Å². The SMILES string of the molecule is CC(NCCC(O)Oc1ccccc1C1CCCC1)C(C)(C)C. The van der Waals surface area contributed by atoms with E-state index in [1.807, 2.05) is 12.1 Å². The maximum atomic E-state index is 10.2. The van der Waals surface area contributed by atoms with Gasteiger partial charge in [-0.15, -0.1) is 0 Å². The molecule has 0 amide bonds. The molecule has 130 valence electrons. The molecular weight excluding hydrogens is 286 g/mol. The van der Waals surface area contributed by atoms with Crippen LogP contribution in [0, 0.1) is 5.41 Å². The van der Waals surface area contributed by atoms with E-state index in [-0.39, 0.29) is 5.41 Å². The van der Waals surface area contributed by atoms with E-state index in [9.17, 15) is 5.11 Å². The van der Waals surface area contributed by atoms with Crippen molar-refractivity contribution in [1.82, 2.24) is 5.32 Å². The van der Waals surface area contributed by atoms with Gasteiger partial charge in [-0.05, 0) is 42.7 Å². The summed E-state index contributed by atoms with van der Waals surface area (Å²) < 4.78 is 5.84. The summed E-state index contributed by atoms with van der Waals surface area (Å²) in [5, 5.41) is 13.7. The fourth-order valence-corrected chi connectivity index (χ4v) is 3.10. The normalized spacial score (nSPS) is 18.8. The van der Waals surface area contributed by atoms with Gasteiger partial charge in [-0.1, -0.05) is 51.8 Å². The average molecular weight is 319 g/mol. The molecule has 1 aromatic rings. The monoisotopic (exact) mass is 319 g/mol. The van der Waals surface area contributed by atoms with Crippen molar-refractivity contribution in [3.63, 3.8) is 0 Å². The first-order chi connectivity index (χ1) is 10.9. The molecule has 0 heterocycles. The third-order valence-electron chi connectivity index (χ3n) is 5.12. The third-order valence-corrected chi connectivity index (χ3v) is 5.12. The number of rotatable bonds is 7. The number of aliphatic hydroxyl groups is 1. The van der Waals surface area contributed by atoms with Gasteiger partial charge in [0.05, 0.1) is 0 Å². The number of ether oxygens (including phenoxy) is 1. The summed E-state index contributed by atoms with van der Waals surface area (Å²) in [6, 6.07) is 8.60. The molecule has 0 aromatic heterocycles. The minimum atomic E-state index is -0.753. The van der Waals surface area contributed by atoms with Crippen molar-refractivity contribution < 1.29 is 9.84 Å². The van der Waals surface area contributed by atoms with Crippen molar-refractivity contribution >= 4 is 0 Å². The van der Waals surface area contributed by atoms with E-state index in [1.54, 1.807) is 0 Å². The number of hydrogen-bond acceptors (Lipinski definition) is 3. The quantitative estimate of drug-likeness (QED) is 0.729. The Bertz CT molecular complexity index is 475. The predicted octanol–water partition coefficient (Wildman–Crippen LogP) is 4.46. The van der Waals surface area contributed by atoms with Gasteiger partial charge in [0.25, 0.3) is 0 Å². The second kappa shape index (κ2) is 8.16. The Morgan fingerprint density at radius 3 is 2.52 bits per heavy atom. The van der Waals surface area contributed by atoms with Gasteiger partial charge in [0, 0.05) is 19.0 Å². The van der Waals surface area contributed by atoms with Gasteiger partial charge in [0.1, 0.15) is 5.75 Å². The van der Waals surface area contributed by atoms with Gasteiger partial charge in [0.15, 0.2) is 6.29 Å². The first-order valence-electron chi connectivity index (χ1n) is 9.05. The van der Waals surface area contributed by atoms with Crippen molar-refractivity contribution in [2.24, 2.45) is 5.41 Å². The van der Waals surface area contributed by atoms with Crippen LogP contribution in [-0.2, 0) is 0 Å². The van der Waals surface area contributed by atoms with Crippen LogP contribution in [0.4, 0.5) is 0 Å². The van der Waals surface area contributed by atoms with Crippen LogP contribution in [0.3, 0.4) is 0 Å². The van der Waals surface area contributed by atoms with E-state index in [2.05, 4.69) is 45.1 Å². The fourth-order valence-electron chi connectivity index (χ4n) is 3.10. The topological polar surface area (TPSA) is 41.5 Å². The van der Waals surface area contributed by atoms with Crippen LogP contribution in [0.2, 0.25) is 0 Å². The number of para-hydroxylation sites is 1. The first kappa shape index (κ1) is 18.3. The largest absolute Gasteiger partial charge is 0.465 e. The Hall–Kier alpha value is -1.06. The van der Waals surface area contributed by atoms with Gasteiger partial charge in [0.2, 0.25) is 0 Å². The van der Waals surface area contributed by atoms with Gasteiger partial charge >= 0.3 is 0 Å². The molecule has 0 bridgehead atoms. The van der Waals surface area contributed by atoms with E-state index in [1.165, 1.54) is 31.2 Å². The molecule has 1 aromatic carbocycles. The zero-order chi connectivity index (χ0) is 16.9. The van der Waals surface area contributed by atoms with E-state index in [4.69, 9.17) is 4.74 Å². The summed E-state index contributed by atoms with van der Waals surface area (Å²) in [6.45, 7) is 9.59. The second-order valence-corrected chi connectivity index (χ2v) is 7.92. The Kier molecular flexibility index (Phi) is 6.49. The molecule has 0 saturated heterocycles. The maximum absolute atomic E-state index is 10.2. The Labute approximate surface area is 141 Å². The Balaban J connectivity index is 1.84. The van der Waals surface area contributed by atoms with Gasteiger partial charge in [-0.2, -0.15) is 0 Å². The van der Waals surface area contributed by atoms with Gasteiger partial charge < -0.3 is 15.2 Å². The van der Waals surface area contributed by atoms with Crippen LogP contribution >= 0.6 is 0 Å². The molecule has 1 saturated carbocycles. The minimum Gasteiger partial charge on any atom is -0.465 e. The van der Waals surface area contributed by atoms with Crippen molar-refractivity contribution in [2.45, 2.75) is 78.0 Å². The Morgan fingerprint density at radius 2 is 1.87 bits per heavy atom. The lowest BCUT2D eigenvalue weighted by Crippen LogP contribution is -2.39. The fraction of sp³-hybridized carbons (Fsp3) is 0.700. The lowest BCUT2D eigenvalue weighted by Gasteiger charge is -2.28. The summed E-state index contributed by atoms with van der Waals surface area (Å²) in [6.07, 6.45) is 4.92. The first-order valence-corrected chi connectivity index (χ1v) is 9.05. The maximum Gasteiger partial charge on any atom is 0.198 e. The average Bonchev–Trinajstić information content (AvgIpc) is 3.00. The molecule has 23 heavy (non-hydrogen) atoms. The predicted molar refractivity (Wildman–Crippen MR) is 95.8 cm³/mol. The summed E-state index contributed by atoms with van der Waals surface area (Å²) in [5.41, 5.74) is 1.49. The van der Waals surface area contributed by atoms with Crippen LogP contribution in [0.15, 0.2) is 24.3 Å². The zero-order valence-corrected chi connectivity index (χ0v) is 15.1. The molecular formula is C20H33NO2. The van der Waals surface area contributed by atoms with Crippen molar-refractivity contribution in [3.8, 4) is 5.75 Å². The summed E-state index contributed by atoms with van der Waals surface area (Å²) in [5.74, 6) is 1.45. The smallest absolute Gasteiger partial charge is 0.198 e. The molecule has 2 N–H and O–H groups in total. The van der Waals surface area contributed by atoms with Crippen LogP contribution in [0.5, 0.6) is 5.75 Å². The molecule has 0 radical (unpaired) electrons. The van der Waals surface area contributed by atoms with Gasteiger partial charge in [-0.3, -0.25) is 0 Å². The Morgan fingerprint density at radius 1 is 1.22 bits per heavy atom. The lowest BCUT2D eigenvalue weighted by molar-refractivity contribution is -0.0240. The molecule has 0 spiro atoms. The molecule has 0 aliphatic heterocycles. The molecule has 1 aliphatic carbocycles. The highest BCUT2D eigenvalue weighted by Crippen LogP contribution is 2.38. The van der Waals surface area contributed by atoms with Crippen molar-refractivity contribution in [1.29, 1.82) is 0 Å². The molecule has 3 heteroatoms. The number of aliphatic hydroxyl groups excluding tert-OH is 1. The molecule has 2 rings (SSSR count). The third kappa shape index (κ3) is 5.50. The molecule has 3 nitrogen and oxygen atoms in total. The van der Waals surface area contributed by atoms with Crippen LogP contribution < -0.4 is 10.1 Å². The van der Waals surface area contributed by atoms with Crippen LogP contribution in [-0.4, -0.2) is 24.0 Å². The molecule has 1 fully saturated rings. The molecule has 2 unspecified atom stereocenters. The molecule has 1 aliphatic rings. The van der Waals surface area contributed by atoms with E-state index in [0.717, 1.165) is 12.3 Å². The highest BCUT2D eigenvalue weighted by atomic mass is 16.6. The highest BCUT2D eigenvalue weighted by molar-refractivity contribution is 5.36. The summed E-state index contributed by atoms with van der Waals surface area (Å²) in [4.78, 5) is 0. The lowest BCUT2D eigenvalue weighted by atomic mass is 9.88. The number of benzene rings is 1. The summed E-state index contributed by atoms with van der Waals surface area (Å²) in [7, 11) is 0. The van der Waals surface area contributed by atoms with Crippen molar-refractivity contribution in [2.75, 3.05) is 6.54 Å². The van der Waals surface area contributed by atoms with E-state index in [0.29, 0.717) is 18.4 Å². The van der Waals surface area contributed by atoms with Crippen LogP contribution in [0.1, 0.15) is 71.3 Å². The van der Waals surface area contributed by atoms with E-state index < -0.39 is 6.29 Å². The number of hydrogen-bond donors (Lipinski definition) is 2. The second-order valence-electron chi connectivity index (χ2n) is 7.92. The standard InChI is InChI=1S/C20H33NO2/c1-15(20(2,3)4)21-14-13-19(22)23-18-12-8-7-11-17(18)16-9-5-6-10-16/h7-8,11-12,15-16,19,21-22H,5-6,9-10,13-14H2,1-4H3. The zero-order valence-electron chi connectivity index (χ0n) is 15.1. The number of nitrogens with one attached hydrogen (secondary N) is 1. The van der Waals surface area contributed by atoms with Crippen molar-refractivity contribution in [3.05, 3.63) is 29.8 Å². The van der Waals surface area contributed by atoms with Gasteiger partial charge in [-0.25, -0.2) is 0 Å². The summed E-state index contributed by atoms with van der Waals surface area (Å²) >= 11 is 0.